The van der Waals surface area contributed by atoms with Crippen LogP contribution in [0, 0.1) is 101 Å². The highest BCUT2D eigenvalue weighted by molar-refractivity contribution is 5.90. The minimum absolute atomic E-state index is 0.258. The molecule has 0 radical (unpaired) electrons. The normalized spacial score (nSPS) is 18.8. The van der Waals surface area contributed by atoms with Crippen LogP contribution in [0.15, 0.2) is 285 Å². The van der Waals surface area contributed by atoms with Gasteiger partial charge in [-0.1, -0.05) is 208 Å². The van der Waals surface area contributed by atoms with E-state index in [9.17, 15) is 0 Å². The van der Waals surface area contributed by atoms with Gasteiger partial charge in [-0.05, 0) is 289 Å². The third-order valence-electron chi connectivity index (χ3n) is 31.4. The van der Waals surface area contributed by atoms with Gasteiger partial charge in [0.2, 0.25) is 34.1 Å². The third-order valence-corrected chi connectivity index (χ3v) is 31.4. The van der Waals surface area contributed by atoms with Crippen LogP contribution in [-0.2, 0) is 16.2 Å². The van der Waals surface area contributed by atoms with E-state index in [1.807, 2.05) is 48.5 Å². The van der Waals surface area contributed by atoms with E-state index in [4.69, 9.17) is 28.4 Å². The standard InChI is InChI=1S/C29H24NO.C25H28NO.C22H26NO.C18H20NO.C17H18NO.C16H16NO/c1-20-16-21-18-30(22-10-4-3-5-11-22)19-31-28(21)27(17-20)29(2)25-14-8-6-12-23(25)24-13-7-9-15-26(24)29;1-17-7-21-15-26(22-5-3-2-4-6-22)16-27-24(21)23(8-17)25-12-18-9-19(13-25)11-20(10-18)14-25;1-17-13-18-15-23(19-9-5-3-6-10-19)16-24-21(18)20(14-17)22(2)11-7-4-8-12-22;1-12-13(2)15(4)18-17(14(12)3)10-19(11-20-18)16-8-6-5-7-9-16;1-12-9-17-16(14(3)13(12)2)10-18(11-19-17)15-7-5-4-6-8-15;1-12-8-13(2)16-14(9-12)10-17(11-18-16)15-6-4-3-5-7-15/h3-18H,19H2,1-2H3;2-8,15,18-20H,9-14,16H2,1H3;3,5-6,9-10,13-15H,4,7-8,11-12,16H2,1-2H3;5-10H,11H2,1-4H3;4-10H,11H2,1-3H3;3-10H,11H2,1-2H3/q6*+1. The quantitative estimate of drug-likeness (QED) is 0.134. The van der Waals surface area contributed by atoms with Gasteiger partial charge in [0.15, 0.2) is 37.3 Å². The van der Waals surface area contributed by atoms with Crippen LogP contribution >= 0.6 is 0 Å². The van der Waals surface area contributed by atoms with Crippen molar-refractivity contribution in [3.05, 3.63) is 413 Å². The molecule has 12 heteroatoms. The van der Waals surface area contributed by atoms with Crippen molar-refractivity contribution >= 4 is 71.4 Å². The summed E-state index contributed by atoms with van der Waals surface area (Å²) in [6.45, 7) is 34.2. The first-order valence-electron chi connectivity index (χ1n) is 50.2. The molecule has 0 spiro atoms. The van der Waals surface area contributed by atoms with Crippen molar-refractivity contribution in [2.24, 2.45) is 17.8 Å². The number of hydrogen-bond donors (Lipinski definition) is 0. The van der Waals surface area contributed by atoms with E-state index in [-0.39, 0.29) is 10.8 Å². The summed E-state index contributed by atoms with van der Waals surface area (Å²) < 4.78 is 50.0. The molecule has 0 aromatic heterocycles. The Morgan fingerprint density at radius 3 is 0.993 bits per heavy atom. The monoisotopic (exact) mass is 1840 g/mol. The zero-order valence-electron chi connectivity index (χ0n) is 83.5. The molecule has 700 valence electrons. The minimum atomic E-state index is -0.258. The van der Waals surface area contributed by atoms with Crippen LogP contribution in [-0.4, -0.2) is 105 Å². The topological polar surface area (TPSA) is 73.4 Å². The van der Waals surface area contributed by atoms with E-state index in [1.165, 1.54) is 216 Å². The number of hydrogen-bond acceptors (Lipinski definition) is 6. The van der Waals surface area contributed by atoms with Crippen LogP contribution in [0.2, 0.25) is 0 Å². The zero-order chi connectivity index (χ0) is 95.8. The minimum Gasteiger partial charge on any atom is -0.435 e. The van der Waals surface area contributed by atoms with Crippen LogP contribution < -0.4 is 28.4 Å². The molecular formula is C127H132N6O6+6. The van der Waals surface area contributed by atoms with Crippen molar-refractivity contribution < 1.29 is 55.9 Å². The summed E-state index contributed by atoms with van der Waals surface area (Å²) in [5.74, 6) is 9.19. The fourth-order valence-electron chi connectivity index (χ4n) is 24.1. The second-order valence-electron chi connectivity index (χ2n) is 41.1. The molecule has 0 unspecified atom stereocenters. The molecule has 0 amide bonds. The molecule has 14 aromatic rings. The van der Waals surface area contributed by atoms with Crippen molar-refractivity contribution in [1.82, 2.24) is 0 Å². The lowest BCUT2D eigenvalue weighted by molar-refractivity contribution is -0.476. The lowest BCUT2D eigenvalue weighted by Gasteiger charge is -2.57. The summed E-state index contributed by atoms with van der Waals surface area (Å²) >= 11 is 0. The molecule has 12 nitrogen and oxygen atoms in total. The van der Waals surface area contributed by atoms with Gasteiger partial charge in [-0.3, -0.25) is 0 Å². The summed E-state index contributed by atoms with van der Waals surface area (Å²) in [6.07, 6.45) is 28.5. The molecule has 5 fully saturated rings. The van der Waals surface area contributed by atoms with Crippen LogP contribution in [0.1, 0.15) is 212 Å². The molecule has 26 rings (SSSR count). The predicted octanol–water partition coefficient (Wildman–Crippen LogP) is 28.5. The van der Waals surface area contributed by atoms with Crippen molar-refractivity contribution in [2.45, 2.75) is 184 Å². The van der Waals surface area contributed by atoms with Crippen molar-refractivity contribution in [3.8, 4) is 45.6 Å². The molecule has 5 saturated carbocycles. The van der Waals surface area contributed by atoms with Gasteiger partial charge in [-0.25, -0.2) is 0 Å². The molecule has 6 aliphatic carbocycles. The van der Waals surface area contributed by atoms with E-state index in [2.05, 4.69) is 398 Å². The third kappa shape index (κ3) is 18.8. The molecule has 6 heterocycles. The Morgan fingerprint density at radius 2 is 0.568 bits per heavy atom. The molecule has 6 aliphatic heterocycles. The number of fused-ring (bicyclic) bond motifs is 9. The number of benzene rings is 14. The van der Waals surface area contributed by atoms with Crippen LogP contribution in [0.5, 0.6) is 34.5 Å². The van der Waals surface area contributed by atoms with E-state index in [0.717, 1.165) is 80.4 Å². The number of ether oxygens (including phenoxy) is 6. The van der Waals surface area contributed by atoms with Crippen molar-refractivity contribution in [1.29, 1.82) is 0 Å². The Balaban J connectivity index is 0.000000104. The van der Waals surface area contributed by atoms with Crippen LogP contribution in [0.3, 0.4) is 0 Å². The molecule has 12 aliphatic rings. The Morgan fingerprint density at radius 1 is 0.252 bits per heavy atom. The first kappa shape index (κ1) is 92.6. The van der Waals surface area contributed by atoms with Gasteiger partial charge in [0, 0.05) is 94.9 Å². The Hall–Kier alpha value is -14.1. The van der Waals surface area contributed by atoms with Gasteiger partial charge in [0.25, 0.3) is 40.4 Å². The van der Waals surface area contributed by atoms with Crippen molar-refractivity contribution in [3.63, 3.8) is 0 Å². The maximum atomic E-state index is 6.48. The van der Waals surface area contributed by atoms with Gasteiger partial charge >= 0.3 is 0 Å². The smallest absolute Gasteiger partial charge is 0.292 e. The lowest BCUT2D eigenvalue weighted by atomic mass is 9.48. The summed E-state index contributed by atoms with van der Waals surface area (Å²) in [7, 11) is 0. The first-order valence-corrected chi connectivity index (χ1v) is 50.2. The highest BCUT2D eigenvalue weighted by atomic mass is 16.5. The van der Waals surface area contributed by atoms with Gasteiger partial charge < -0.3 is 28.4 Å². The van der Waals surface area contributed by atoms with Gasteiger partial charge in [-0.2, -0.15) is 27.5 Å². The molecule has 4 bridgehead atoms. The summed E-state index contributed by atoms with van der Waals surface area (Å²) in [6, 6.07) is 100. The molecule has 14 aromatic carbocycles. The molecular weight excluding hydrogens is 1710 g/mol. The maximum Gasteiger partial charge on any atom is 0.292 e. The predicted molar refractivity (Wildman–Crippen MR) is 565 cm³/mol. The van der Waals surface area contributed by atoms with Gasteiger partial charge in [0.05, 0.1) is 33.4 Å². The maximum absolute atomic E-state index is 6.48. The average Bonchev–Trinajstić information content (AvgIpc) is 1.27. The largest absolute Gasteiger partial charge is 0.435 e. The second-order valence-corrected chi connectivity index (χ2v) is 41.1. The lowest BCUT2D eigenvalue weighted by Crippen LogP contribution is -2.48. The van der Waals surface area contributed by atoms with Crippen LogP contribution in [0.4, 0.5) is 34.1 Å². The summed E-state index contributed by atoms with van der Waals surface area (Å²) in [5, 5.41) is 0. The van der Waals surface area contributed by atoms with Gasteiger partial charge in [-0.15, -0.1) is 0 Å². The van der Waals surface area contributed by atoms with E-state index >= 15 is 0 Å². The molecule has 0 N–H and O–H groups in total. The summed E-state index contributed by atoms with van der Waals surface area (Å²) in [4.78, 5) is 0. The Bertz CT molecular complexity index is 7130. The average molecular weight is 1840 g/mol. The SMILES string of the molecule is Cc1c(C)c(C)c2c(c1C)C=[N+](c1ccccc1)CO2.Cc1cc(C)c2c(c1)C=[N+](c1ccccc1)CO2.Cc1cc2c(c(C)c1C)C=[N+](c1ccccc1)CO2.Cc1cc2c(c(C3(C)CCCCC3)c1)OC[N+](c1ccccc1)=C2.Cc1cc2c(c(C3(C)c4ccccc4-c4ccccc43)c1)OC[N+](c1ccccc1)=C2.Cc1cc2c(c(C34CC5CC(CC(C5)C3)C4)c1)OC[N+](c1ccccc1)=C2. The fourth-order valence-corrected chi connectivity index (χ4v) is 24.1. The highest BCUT2D eigenvalue weighted by Gasteiger charge is 2.54. The van der Waals surface area contributed by atoms with E-state index < -0.39 is 0 Å². The van der Waals surface area contributed by atoms with E-state index in [1.54, 1.807) is 0 Å². The van der Waals surface area contributed by atoms with E-state index in [0.29, 0.717) is 45.8 Å². The van der Waals surface area contributed by atoms with Crippen LogP contribution in [0.25, 0.3) is 11.1 Å². The number of aryl methyl sites for hydroxylation is 6. The number of nitrogens with zero attached hydrogens (tertiary/aromatic N) is 6. The Labute approximate surface area is 822 Å². The number of para-hydroxylation sites is 6. The molecule has 139 heavy (non-hydrogen) atoms. The molecule has 0 atom stereocenters. The summed E-state index contributed by atoms with van der Waals surface area (Å²) in [5.41, 5.74) is 39.6. The second kappa shape index (κ2) is 39.4. The number of rotatable bonds is 9. The molecule has 0 saturated heterocycles. The fraction of sp³-hybridized carbons (Fsp3) is 0.291. The zero-order valence-corrected chi connectivity index (χ0v) is 83.5. The highest BCUT2D eigenvalue weighted by Crippen LogP contribution is 2.63. The first-order chi connectivity index (χ1) is 67.5. The van der Waals surface area contributed by atoms with Crippen molar-refractivity contribution in [2.75, 3.05) is 40.4 Å². The van der Waals surface area contributed by atoms with Gasteiger partial charge in [0.1, 0.15) is 34.5 Å². The Kier molecular flexibility index (Phi) is 26.3.